The van der Waals surface area contributed by atoms with Crippen molar-refractivity contribution in [1.29, 1.82) is 0 Å². The number of hydrogen-bond acceptors (Lipinski definition) is 5. The van der Waals surface area contributed by atoms with Crippen LogP contribution in [0, 0.1) is 51.8 Å². The number of alkyl halides is 1. The largest absolute Gasteiger partial charge is 0.393 e. The summed E-state index contributed by atoms with van der Waals surface area (Å²) >= 11 is 2.43. The maximum absolute atomic E-state index is 14.0. The van der Waals surface area contributed by atoms with E-state index in [1.54, 1.807) is 0 Å². The maximum atomic E-state index is 14.0. The van der Waals surface area contributed by atoms with Gasteiger partial charge in [0, 0.05) is 11.0 Å². The molecule has 46 heavy (non-hydrogen) atoms. The van der Waals surface area contributed by atoms with Gasteiger partial charge in [0.1, 0.15) is 0 Å². The summed E-state index contributed by atoms with van der Waals surface area (Å²) in [5.74, 6) is 1.98. The highest BCUT2D eigenvalue weighted by Crippen LogP contribution is 2.73. The van der Waals surface area contributed by atoms with Gasteiger partial charge in [0.15, 0.2) is 0 Å². The molecule has 266 valence electrons. The van der Waals surface area contributed by atoms with Crippen molar-refractivity contribution in [3.8, 4) is 0 Å². The van der Waals surface area contributed by atoms with E-state index in [2.05, 4.69) is 86.2 Å². The zero-order chi connectivity index (χ0) is 33.5. The summed E-state index contributed by atoms with van der Waals surface area (Å²) in [5.41, 5.74) is 1.43. The van der Waals surface area contributed by atoms with Crippen molar-refractivity contribution in [2.45, 2.75) is 137 Å². The van der Waals surface area contributed by atoms with Gasteiger partial charge in [-0.25, -0.2) is 0 Å². The number of fused-ring (bicyclic) bond motifs is 5. The highest BCUT2D eigenvalue weighted by Gasteiger charge is 2.68. The van der Waals surface area contributed by atoms with E-state index >= 15 is 0 Å². The molecule has 7 unspecified atom stereocenters. The number of carbonyl (C=O) groups excluding carboxylic acids is 1. The Hall–Kier alpha value is -0.220. The molecule has 10 atom stereocenters. The molecule has 3 fully saturated rings. The summed E-state index contributed by atoms with van der Waals surface area (Å²) in [6, 6.07) is 0. The SMILES string of the molecule is CC(C)CCCC(C(=O)NCCCNCCCCNCCCI)C1=CC[C@@]2(C)C1CC(O)C1C3(C)CC[C@H](O)C(C)C3CC[C@]12C. The quantitative estimate of drug-likeness (QED) is 0.0440. The Morgan fingerprint density at radius 2 is 1.57 bits per heavy atom. The monoisotopic (exact) mass is 755 g/mol. The summed E-state index contributed by atoms with van der Waals surface area (Å²) in [6.07, 6.45) is 15.4. The lowest BCUT2D eigenvalue weighted by Crippen LogP contribution is -2.66. The summed E-state index contributed by atoms with van der Waals surface area (Å²) < 4.78 is 1.22. The van der Waals surface area contributed by atoms with Crippen molar-refractivity contribution in [1.82, 2.24) is 16.0 Å². The van der Waals surface area contributed by atoms with Crippen molar-refractivity contribution in [2.24, 2.45) is 51.8 Å². The van der Waals surface area contributed by atoms with Crippen LogP contribution >= 0.6 is 22.6 Å². The second-order valence-corrected chi connectivity index (χ2v) is 18.0. The van der Waals surface area contributed by atoms with Gasteiger partial charge < -0.3 is 26.2 Å². The summed E-state index contributed by atoms with van der Waals surface area (Å²) in [5, 5.41) is 33.3. The number of nitrogens with one attached hydrogen (secondary N) is 3. The Morgan fingerprint density at radius 3 is 2.24 bits per heavy atom. The Kier molecular flexibility index (Phi) is 14.4. The fraction of sp³-hybridized carbons (Fsp3) is 0.923. The molecule has 3 saturated carbocycles. The average Bonchev–Trinajstić information content (AvgIpc) is 3.34. The third-order valence-electron chi connectivity index (χ3n) is 13.8. The molecule has 0 bridgehead atoms. The zero-order valence-electron chi connectivity index (χ0n) is 30.3. The molecule has 0 heterocycles. The molecule has 4 aliphatic rings. The lowest BCUT2D eigenvalue weighted by atomic mass is 9.36. The molecule has 0 aromatic heterocycles. The van der Waals surface area contributed by atoms with Crippen molar-refractivity contribution in [3.05, 3.63) is 11.6 Å². The lowest BCUT2D eigenvalue weighted by molar-refractivity contribution is -0.234. The first-order valence-electron chi connectivity index (χ1n) is 19.2. The third-order valence-corrected chi connectivity index (χ3v) is 14.6. The second kappa shape index (κ2) is 17.1. The van der Waals surface area contributed by atoms with Gasteiger partial charge in [-0.1, -0.05) is 88.6 Å². The topological polar surface area (TPSA) is 93.6 Å². The summed E-state index contributed by atoms with van der Waals surface area (Å²) in [7, 11) is 0. The molecule has 0 saturated heterocycles. The number of halogens is 1. The fourth-order valence-corrected chi connectivity index (χ4v) is 11.4. The van der Waals surface area contributed by atoms with Gasteiger partial charge in [0.2, 0.25) is 5.91 Å². The summed E-state index contributed by atoms with van der Waals surface area (Å²) in [4.78, 5) is 14.0. The molecule has 0 spiro atoms. The Morgan fingerprint density at radius 1 is 0.891 bits per heavy atom. The number of aliphatic hydroxyl groups is 2. The van der Waals surface area contributed by atoms with Crippen LogP contribution in [0.25, 0.3) is 0 Å². The van der Waals surface area contributed by atoms with Crippen LogP contribution < -0.4 is 16.0 Å². The van der Waals surface area contributed by atoms with E-state index < -0.39 is 0 Å². The lowest BCUT2D eigenvalue weighted by Gasteiger charge is -2.69. The van der Waals surface area contributed by atoms with Crippen molar-refractivity contribution >= 4 is 28.5 Å². The van der Waals surface area contributed by atoms with Gasteiger partial charge in [-0.2, -0.15) is 0 Å². The Balaban J connectivity index is 1.37. The van der Waals surface area contributed by atoms with Crippen molar-refractivity contribution < 1.29 is 15.0 Å². The van der Waals surface area contributed by atoms with Gasteiger partial charge in [0.25, 0.3) is 0 Å². The molecular weight excluding hydrogens is 685 g/mol. The second-order valence-electron chi connectivity index (χ2n) is 17.0. The van der Waals surface area contributed by atoms with Crippen LogP contribution in [0.15, 0.2) is 11.6 Å². The molecule has 6 nitrogen and oxygen atoms in total. The minimum absolute atomic E-state index is 0.0107. The number of allylic oxidation sites excluding steroid dienone is 1. The molecule has 0 aliphatic heterocycles. The van der Waals surface area contributed by atoms with Crippen LogP contribution in [-0.2, 0) is 4.79 Å². The Labute approximate surface area is 296 Å². The highest BCUT2D eigenvalue weighted by molar-refractivity contribution is 14.1. The molecular formula is C39H70IN3O3. The van der Waals surface area contributed by atoms with Gasteiger partial charge in [0.05, 0.1) is 18.1 Å². The number of unbranched alkanes of at least 4 members (excludes halogenated alkanes) is 1. The number of hydrogen-bond donors (Lipinski definition) is 5. The molecule has 1 amide bonds. The first kappa shape index (κ1) is 38.6. The summed E-state index contributed by atoms with van der Waals surface area (Å²) in [6.45, 7) is 19.1. The maximum Gasteiger partial charge on any atom is 0.227 e. The van der Waals surface area contributed by atoms with Crippen LogP contribution in [-0.4, -0.2) is 65.5 Å². The number of carbonyl (C=O) groups is 1. The fourth-order valence-electron chi connectivity index (χ4n) is 11.0. The first-order valence-corrected chi connectivity index (χ1v) is 20.7. The smallest absolute Gasteiger partial charge is 0.227 e. The van der Waals surface area contributed by atoms with Crippen LogP contribution in [0.1, 0.15) is 125 Å². The van der Waals surface area contributed by atoms with E-state index in [9.17, 15) is 15.0 Å². The van der Waals surface area contributed by atoms with Crippen LogP contribution in [0.3, 0.4) is 0 Å². The van der Waals surface area contributed by atoms with Gasteiger partial charge in [-0.3, -0.25) is 4.79 Å². The van der Waals surface area contributed by atoms with E-state index in [0.717, 1.165) is 90.4 Å². The van der Waals surface area contributed by atoms with Crippen LogP contribution in [0.4, 0.5) is 0 Å². The van der Waals surface area contributed by atoms with Gasteiger partial charge in [-0.15, -0.1) is 0 Å². The molecule has 0 radical (unpaired) electrons. The standard InChI is InChI=1S/C39H70IN3O3/c1-27(2)12-9-13-30(36(46)43-25-11-24-42-22-8-7-21-41-23-10-20-40)29-14-18-38(5)32(29)26-34(45)35-37(4)17-16-33(44)28(3)31(37)15-19-39(35,38)6/h14,27-28,30-35,41-42,44-45H,7-13,15-26H2,1-6H3,(H,43,46)/t28?,30?,31?,32?,33-,34?,35?,37?,38-,39+/m0/s1. The predicted octanol–water partition coefficient (Wildman–Crippen LogP) is 7.27. The average molecular weight is 756 g/mol. The van der Waals surface area contributed by atoms with Crippen molar-refractivity contribution in [2.75, 3.05) is 37.2 Å². The van der Waals surface area contributed by atoms with Gasteiger partial charge >= 0.3 is 0 Å². The predicted molar refractivity (Wildman–Crippen MR) is 200 cm³/mol. The van der Waals surface area contributed by atoms with E-state index in [1.807, 2.05) is 0 Å². The van der Waals surface area contributed by atoms with E-state index in [4.69, 9.17) is 0 Å². The third kappa shape index (κ3) is 8.21. The van der Waals surface area contributed by atoms with Crippen LogP contribution in [0.2, 0.25) is 0 Å². The van der Waals surface area contributed by atoms with E-state index in [-0.39, 0.29) is 52.1 Å². The molecule has 0 aromatic carbocycles. The minimum Gasteiger partial charge on any atom is -0.393 e. The number of aliphatic hydroxyl groups excluding tert-OH is 2. The van der Waals surface area contributed by atoms with Crippen molar-refractivity contribution in [3.63, 3.8) is 0 Å². The molecule has 5 N–H and O–H groups in total. The molecule has 7 heteroatoms. The number of rotatable bonds is 18. The van der Waals surface area contributed by atoms with E-state index in [1.165, 1.54) is 29.3 Å². The van der Waals surface area contributed by atoms with Crippen LogP contribution in [0.5, 0.6) is 0 Å². The van der Waals surface area contributed by atoms with Gasteiger partial charge in [-0.05, 0) is 143 Å². The normalized spacial score (nSPS) is 37.7. The molecule has 4 rings (SSSR count). The molecule has 4 aliphatic carbocycles. The first-order chi connectivity index (χ1) is 21.9. The minimum atomic E-state index is -0.364. The zero-order valence-corrected chi connectivity index (χ0v) is 32.5. The molecule has 0 aromatic rings. The Bertz CT molecular complexity index is 1010. The highest BCUT2D eigenvalue weighted by atomic mass is 127. The van der Waals surface area contributed by atoms with E-state index in [0.29, 0.717) is 24.3 Å². The number of amides is 1.